The summed E-state index contributed by atoms with van der Waals surface area (Å²) >= 11 is 0. The number of hydrogen-bond donors (Lipinski definition) is 1. The molecule has 0 spiro atoms. The SMILES string of the molecule is CC(C)NC(=O)Cn1nc(-c2cccnc2)ccc1=O. The largest absolute Gasteiger partial charge is 0.352 e. The number of nitrogens with one attached hydrogen (secondary N) is 1. The van der Waals surface area contributed by atoms with E-state index >= 15 is 0 Å². The number of aromatic nitrogens is 3. The Balaban J connectivity index is 2.26. The molecule has 1 amide bonds. The average Bonchev–Trinajstić information content (AvgIpc) is 2.41. The van der Waals surface area contributed by atoms with E-state index in [0.29, 0.717) is 5.69 Å². The van der Waals surface area contributed by atoms with E-state index in [-0.39, 0.29) is 24.1 Å². The molecule has 0 atom stereocenters. The van der Waals surface area contributed by atoms with Crippen molar-refractivity contribution in [1.82, 2.24) is 20.1 Å². The number of carbonyl (C=O) groups is 1. The topological polar surface area (TPSA) is 76.9 Å². The van der Waals surface area contributed by atoms with E-state index in [2.05, 4.69) is 15.4 Å². The lowest BCUT2D eigenvalue weighted by Crippen LogP contribution is -2.36. The van der Waals surface area contributed by atoms with Crippen LogP contribution in [0.5, 0.6) is 0 Å². The predicted octanol–water partition coefficient (Wildman–Crippen LogP) is 0.830. The number of rotatable bonds is 4. The number of amides is 1. The van der Waals surface area contributed by atoms with E-state index in [9.17, 15) is 9.59 Å². The molecule has 2 rings (SSSR count). The molecule has 0 aliphatic heterocycles. The van der Waals surface area contributed by atoms with Crippen LogP contribution in [0.3, 0.4) is 0 Å². The van der Waals surface area contributed by atoms with Crippen LogP contribution in [0.2, 0.25) is 0 Å². The van der Waals surface area contributed by atoms with E-state index in [4.69, 9.17) is 0 Å². The van der Waals surface area contributed by atoms with Crippen LogP contribution in [0.4, 0.5) is 0 Å². The van der Waals surface area contributed by atoms with Crippen molar-refractivity contribution in [3.05, 3.63) is 47.0 Å². The predicted molar refractivity (Wildman–Crippen MR) is 75.0 cm³/mol. The van der Waals surface area contributed by atoms with Gasteiger partial charge in [0.15, 0.2) is 0 Å². The molecule has 0 bridgehead atoms. The maximum atomic E-state index is 11.7. The van der Waals surface area contributed by atoms with Crippen molar-refractivity contribution in [3.63, 3.8) is 0 Å². The highest BCUT2D eigenvalue weighted by Gasteiger charge is 2.08. The van der Waals surface area contributed by atoms with E-state index in [1.54, 1.807) is 24.5 Å². The Morgan fingerprint density at radius 3 is 2.80 bits per heavy atom. The molecular formula is C14H16N4O2. The first-order valence-corrected chi connectivity index (χ1v) is 6.34. The van der Waals surface area contributed by atoms with Gasteiger partial charge < -0.3 is 5.32 Å². The molecule has 1 N–H and O–H groups in total. The molecule has 2 aromatic heterocycles. The summed E-state index contributed by atoms with van der Waals surface area (Å²) in [4.78, 5) is 27.4. The maximum absolute atomic E-state index is 11.7. The summed E-state index contributed by atoms with van der Waals surface area (Å²) in [7, 11) is 0. The minimum absolute atomic E-state index is 0.0275. The fourth-order valence-corrected chi connectivity index (χ4v) is 1.73. The minimum atomic E-state index is -0.309. The summed E-state index contributed by atoms with van der Waals surface area (Å²) in [6.07, 6.45) is 3.32. The molecule has 104 valence electrons. The summed E-state index contributed by atoms with van der Waals surface area (Å²) < 4.78 is 1.15. The molecule has 20 heavy (non-hydrogen) atoms. The van der Waals surface area contributed by atoms with Crippen LogP contribution in [-0.4, -0.2) is 26.7 Å². The van der Waals surface area contributed by atoms with Gasteiger partial charge in [-0.15, -0.1) is 0 Å². The second kappa shape index (κ2) is 6.10. The molecule has 0 saturated heterocycles. The minimum Gasteiger partial charge on any atom is -0.352 e. The van der Waals surface area contributed by atoms with Crippen LogP contribution in [0.1, 0.15) is 13.8 Å². The second-order valence-corrected chi connectivity index (χ2v) is 4.68. The van der Waals surface area contributed by atoms with Crippen molar-refractivity contribution in [2.75, 3.05) is 0 Å². The zero-order valence-electron chi connectivity index (χ0n) is 11.4. The number of hydrogen-bond acceptors (Lipinski definition) is 4. The Bertz CT molecular complexity index is 650. The van der Waals surface area contributed by atoms with Crippen LogP contribution in [-0.2, 0) is 11.3 Å². The molecule has 0 fully saturated rings. The lowest BCUT2D eigenvalue weighted by molar-refractivity contribution is -0.122. The van der Waals surface area contributed by atoms with Gasteiger partial charge in [0.05, 0.1) is 5.69 Å². The molecule has 0 aromatic carbocycles. The van der Waals surface area contributed by atoms with Crippen molar-refractivity contribution in [2.45, 2.75) is 26.4 Å². The van der Waals surface area contributed by atoms with Crippen molar-refractivity contribution < 1.29 is 4.79 Å². The van der Waals surface area contributed by atoms with Gasteiger partial charge in [-0.05, 0) is 32.0 Å². The fourth-order valence-electron chi connectivity index (χ4n) is 1.73. The first-order chi connectivity index (χ1) is 9.56. The quantitative estimate of drug-likeness (QED) is 0.894. The van der Waals surface area contributed by atoms with Crippen molar-refractivity contribution >= 4 is 5.91 Å². The summed E-state index contributed by atoms with van der Waals surface area (Å²) in [6, 6.07) is 6.68. The molecule has 6 heteroatoms. The van der Waals surface area contributed by atoms with Crippen molar-refractivity contribution in [2.24, 2.45) is 0 Å². The van der Waals surface area contributed by atoms with Crippen LogP contribution in [0.25, 0.3) is 11.3 Å². The Hall–Kier alpha value is -2.50. The van der Waals surface area contributed by atoms with Gasteiger partial charge in [-0.2, -0.15) is 5.10 Å². The van der Waals surface area contributed by atoms with Crippen molar-refractivity contribution in [3.8, 4) is 11.3 Å². The van der Waals surface area contributed by atoms with Crippen LogP contribution in [0, 0.1) is 0 Å². The average molecular weight is 272 g/mol. The second-order valence-electron chi connectivity index (χ2n) is 4.68. The highest BCUT2D eigenvalue weighted by molar-refractivity contribution is 5.75. The fraction of sp³-hybridized carbons (Fsp3) is 0.286. The molecule has 0 unspecified atom stereocenters. The number of carbonyl (C=O) groups excluding carboxylic acids is 1. The summed E-state index contributed by atoms with van der Waals surface area (Å²) in [6.45, 7) is 3.63. The number of pyridine rings is 1. The summed E-state index contributed by atoms with van der Waals surface area (Å²) in [5.74, 6) is -0.238. The third kappa shape index (κ3) is 3.50. The van der Waals surface area contributed by atoms with Gasteiger partial charge in [-0.25, -0.2) is 4.68 Å². The normalized spacial score (nSPS) is 10.6. The molecule has 0 aliphatic carbocycles. The Morgan fingerprint density at radius 2 is 2.15 bits per heavy atom. The third-order valence-electron chi connectivity index (χ3n) is 2.57. The van der Waals surface area contributed by atoms with Gasteiger partial charge in [-0.1, -0.05) is 0 Å². The molecular weight excluding hydrogens is 256 g/mol. The monoisotopic (exact) mass is 272 g/mol. The summed E-state index contributed by atoms with van der Waals surface area (Å²) in [5.41, 5.74) is 1.09. The van der Waals surface area contributed by atoms with Gasteiger partial charge in [0.1, 0.15) is 6.54 Å². The number of nitrogens with zero attached hydrogens (tertiary/aromatic N) is 3. The van der Waals surface area contributed by atoms with Crippen molar-refractivity contribution in [1.29, 1.82) is 0 Å². The van der Waals surface area contributed by atoms with Gasteiger partial charge in [0.25, 0.3) is 5.56 Å². The maximum Gasteiger partial charge on any atom is 0.267 e. The standard InChI is InChI=1S/C14H16N4O2/c1-10(2)16-13(19)9-18-14(20)6-5-12(17-18)11-4-3-7-15-8-11/h3-8,10H,9H2,1-2H3,(H,16,19). The van der Waals surface area contributed by atoms with E-state index < -0.39 is 0 Å². The smallest absolute Gasteiger partial charge is 0.267 e. The Labute approximate surface area is 116 Å². The first-order valence-electron chi connectivity index (χ1n) is 6.34. The van der Waals surface area contributed by atoms with Crippen LogP contribution < -0.4 is 10.9 Å². The summed E-state index contributed by atoms with van der Waals surface area (Å²) in [5, 5.41) is 6.92. The zero-order chi connectivity index (χ0) is 14.5. The van der Waals surface area contributed by atoms with Crippen LogP contribution in [0.15, 0.2) is 41.5 Å². The molecule has 6 nitrogen and oxygen atoms in total. The first kappa shape index (κ1) is 13.9. The van der Waals surface area contributed by atoms with Gasteiger partial charge in [-0.3, -0.25) is 14.6 Å². The molecule has 0 saturated carbocycles. The Morgan fingerprint density at radius 1 is 1.35 bits per heavy atom. The lowest BCUT2D eigenvalue weighted by atomic mass is 10.2. The highest BCUT2D eigenvalue weighted by atomic mass is 16.2. The van der Waals surface area contributed by atoms with Gasteiger partial charge >= 0.3 is 0 Å². The van der Waals surface area contributed by atoms with E-state index in [1.165, 1.54) is 6.07 Å². The van der Waals surface area contributed by atoms with Gasteiger partial charge in [0.2, 0.25) is 5.91 Å². The lowest BCUT2D eigenvalue weighted by Gasteiger charge is -2.10. The van der Waals surface area contributed by atoms with E-state index in [1.807, 2.05) is 19.9 Å². The third-order valence-corrected chi connectivity index (χ3v) is 2.57. The highest BCUT2D eigenvalue weighted by Crippen LogP contribution is 2.12. The Kier molecular flexibility index (Phi) is 4.24. The van der Waals surface area contributed by atoms with Crippen LogP contribution >= 0.6 is 0 Å². The molecule has 0 radical (unpaired) electrons. The van der Waals surface area contributed by atoms with Gasteiger partial charge in [0, 0.05) is 30.1 Å². The molecule has 2 heterocycles. The molecule has 0 aliphatic rings. The zero-order valence-corrected chi connectivity index (χ0v) is 11.4. The van der Waals surface area contributed by atoms with E-state index in [0.717, 1.165) is 10.2 Å². The molecule has 2 aromatic rings.